The third-order valence-corrected chi connectivity index (χ3v) is 5.21. The van der Waals surface area contributed by atoms with Crippen LogP contribution in [-0.2, 0) is 25.4 Å². The fraction of sp³-hybridized carbons (Fsp3) is 0.310. The first-order valence-electron chi connectivity index (χ1n) is 12.2. The molecule has 3 rings (SSSR count). The molecular formula is C29H33NO7. The topological polar surface area (TPSA) is 92.3 Å². The van der Waals surface area contributed by atoms with Crippen molar-refractivity contribution in [1.82, 2.24) is 5.32 Å². The maximum Gasteiger partial charge on any atom is 0.412 e. The molecule has 0 heterocycles. The molecule has 0 fully saturated rings. The van der Waals surface area contributed by atoms with E-state index in [9.17, 15) is 9.59 Å². The molecule has 0 atom stereocenters. The molecule has 8 nitrogen and oxygen atoms in total. The lowest BCUT2D eigenvalue weighted by Crippen LogP contribution is -2.30. The minimum absolute atomic E-state index is 0.163. The molecule has 0 radical (unpaired) electrons. The van der Waals surface area contributed by atoms with Gasteiger partial charge < -0.3 is 29.0 Å². The monoisotopic (exact) mass is 507 g/mol. The molecule has 0 saturated carbocycles. The Labute approximate surface area is 217 Å². The van der Waals surface area contributed by atoms with E-state index in [0.29, 0.717) is 44.3 Å². The van der Waals surface area contributed by atoms with Gasteiger partial charge in [0.25, 0.3) is 0 Å². The number of carbonyl (C=O) groups is 2. The number of nitrogens with one attached hydrogen (secondary N) is 1. The lowest BCUT2D eigenvalue weighted by molar-refractivity contribution is -0.140. The predicted molar refractivity (Wildman–Crippen MR) is 141 cm³/mol. The number of amides is 1. The minimum Gasteiger partial charge on any atom is -0.493 e. The van der Waals surface area contributed by atoms with E-state index in [1.807, 2.05) is 48.5 Å². The quantitative estimate of drug-likeness (QED) is 0.181. The number of benzene rings is 3. The summed E-state index contributed by atoms with van der Waals surface area (Å²) in [5, 5.41) is 4.40. The molecule has 0 spiro atoms. The van der Waals surface area contributed by atoms with Gasteiger partial charge in [0.15, 0.2) is 0 Å². The summed E-state index contributed by atoms with van der Waals surface area (Å²) < 4.78 is 27.0. The molecule has 0 aliphatic heterocycles. The maximum atomic E-state index is 12.2. The van der Waals surface area contributed by atoms with Crippen LogP contribution in [0.25, 0.3) is 10.8 Å². The highest BCUT2D eigenvalue weighted by Crippen LogP contribution is 2.29. The second kappa shape index (κ2) is 15.3. The normalized spacial score (nSPS) is 10.6. The van der Waals surface area contributed by atoms with Crippen LogP contribution in [0.5, 0.6) is 11.5 Å². The van der Waals surface area contributed by atoms with E-state index in [1.165, 1.54) is 5.56 Å². The molecule has 0 unspecified atom stereocenters. The summed E-state index contributed by atoms with van der Waals surface area (Å²) in [6.07, 6.45) is 0.265. The molecule has 0 bridgehead atoms. The first-order valence-corrected chi connectivity index (χ1v) is 12.2. The standard InChI is InChI=1S/C29H33NO7/c1-22(2)28(31)36-20-19-34-18-17-33-16-14-30-29(32)37-27-10-6-9-24-21-25(11-12-26(24)27)35-15-13-23-7-4-3-5-8-23/h3-12,21H,1,13-20H2,2H3,(H,30,32). The number of hydrogen-bond acceptors (Lipinski definition) is 7. The molecule has 8 heteroatoms. The average Bonchev–Trinajstić information content (AvgIpc) is 2.90. The zero-order valence-corrected chi connectivity index (χ0v) is 21.1. The summed E-state index contributed by atoms with van der Waals surface area (Å²) in [6, 6.07) is 21.4. The van der Waals surface area contributed by atoms with Crippen molar-refractivity contribution in [3.63, 3.8) is 0 Å². The van der Waals surface area contributed by atoms with Crippen molar-refractivity contribution in [1.29, 1.82) is 0 Å². The summed E-state index contributed by atoms with van der Waals surface area (Å²) in [5.74, 6) is 0.793. The first-order chi connectivity index (χ1) is 18.0. The summed E-state index contributed by atoms with van der Waals surface area (Å²) in [4.78, 5) is 23.4. The van der Waals surface area contributed by atoms with Crippen LogP contribution in [0.2, 0.25) is 0 Å². The number of fused-ring (bicyclic) bond motifs is 1. The van der Waals surface area contributed by atoms with Crippen molar-refractivity contribution in [2.24, 2.45) is 0 Å². The number of esters is 1. The zero-order chi connectivity index (χ0) is 26.3. The van der Waals surface area contributed by atoms with E-state index in [4.69, 9.17) is 23.7 Å². The van der Waals surface area contributed by atoms with Gasteiger partial charge in [-0.3, -0.25) is 0 Å². The Morgan fingerprint density at radius 3 is 2.38 bits per heavy atom. The van der Waals surface area contributed by atoms with Crippen molar-refractivity contribution < 1.29 is 33.3 Å². The molecule has 0 saturated heterocycles. The van der Waals surface area contributed by atoms with Gasteiger partial charge in [0.2, 0.25) is 0 Å². The van der Waals surface area contributed by atoms with Crippen LogP contribution in [-0.4, -0.2) is 58.2 Å². The zero-order valence-electron chi connectivity index (χ0n) is 21.1. The van der Waals surface area contributed by atoms with Gasteiger partial charge in [-0.15, -0.1) is 0 Å². The van der Waals surface area contributed by atoms with Crippen molar-refractivity contribution in [3.8, 4) is 11.5 Å². The van der Waals surface area contributed by atoms with E-state index >= 15 is 0 Å². The summed E-state index contributed by atoms with van der Waals surface area (Å²) in [5.41, 5.74) is 1.58. The van der Waals surface area contributed by atoms with E-state index in [-0.39, 0.29) is 13.2 Å². The SMILES string of the molecule is C=C(C)C(=O)OCCOCCOCCNC(=O)Oc1cccc2cc(OCCc3ccccc3)ccc12. The smallest absolute Gasteiger partial charge is 0.412 e. The van der Waals surface area contributed by atoms with Crippen molar-refractivity contribution in [3.05, 3.63) is 84.4 Å². The molecule has 0 aliphatic carbocycles. The Kier molecular flexibility index (Phi) is 11.4. The highest BCUT2D eigenvalue weighted by molar-refractivity contribution is 5.91. The van der Waals surface area contributed by atoms with Crippen LogP contribution in [0.15, 0.2) is 78.9 Å². The first kappa shape index (κ1) is 27.7. The van der Waals surface area contributed by atoms with Gasteiger partial charge in [-0.25, -0.2) is 9.59 Å². The van der Waals surface area contributed by atoms with Crippen LogP contribution >= 0.6 is 0 Å². The van der Waals surface area contributed by atoms with Crippen molar-refractivity contribution >= 4 is 22.8 Å². The van der Waals surface area contributed by atoms with Gasteiger partial charge in [-0.05, 0) is 42.1 Å². The van der Waals surface area contributed by atoms with Gasteiger partial charge in [-0.1, -0.05) is 49.0 Å². The Hall–Kier alpha value is -3.88. The van der Waals surface area contributed by atoms with Gasteiger partial charge in [0.1, 0.15) is 18.1 Å². The van der Waals surface area contributed by atoms with E-state index in [0.717, 1.165) is 22.9 Å². The second-order valence-corrected chi connectivity index (χ2v) is 8.18. The fourth-order valence-electron chi connectivity index (χ4n) is 3.34. The van der Waals surface area contributed by atoms with Crippen molar-refractivity contribution in [2.75, 3.05) is 46.2 Å². The molecule has 1 amide bonds. The molecule has 196 valence electrons. The third-order valence-electron chi connectivity index (χ3n) is 5.21. The number of rotatable bonds is 15. The van der Waals surface area contributed by atoms with Crippen LogP contribution in [0, 0.1) is 0 Å². The van der Waals surface area contributed by atoms with Crippen LogP contribution in [0.4, 0.5) is 4.79 Å². The minimum atomic E-state index is -0.560. The lowest BCUT2D eigenvalue weighted by atomic mass is 10.1. The third kappa shape index (κ3) is 9.95. The molecule has 0 aromatic heterocycles. The lowest BCUT2D eigenvalue weighted by Gasteiger charge is -2.11. The molecular weight excluding hydrogens is 474 g/mol. The summed E-state index contributed by atoms with van der Waals surface area (Å²) in [7, 11) is 0. The average molecular weight is 508 g/mol. The largest absolute Gasteiger partial charge is 0.493 e. The Morgan fingerprint density at radius 1 is 0.838 bits per heavy atom. The molecule has 3 aromatic rings. The Morgan fingerprint density at radius 2 is 1.59 bits per heavy atom. The number of ether oxygens (including phenoxy) is 5. The van der Waals surface area contributed by atoms with Crippen molar-refractivity contribution in [2.45, 2.75) is 13.3 Å². The van der Waals surface area contributed by atoms with Gasteiger partial charge in [-0.2, -0.15) is 0 Å². The predicted octanol–water partition coefficient (Wildman–Crippen LogP) is 4.70. The van der Waals surface area contributed by atoms with Gasteiger partial charge in [0, 0.05) is 23.9 Å². The number of carbonyl (C=O) groups excluding carboxylic acids is 2. The highest BCUT2D eigenvalue weighted by Gasteiger charge is 2.09. The Bertz CT molecular complexity index is 1160. The van der Waals surface area contributed by atoms with Crippen LogP contribution < -0.4 is 14.8 Å². The number of hydrogen-bond donors (Lipinski definition) is 1. The van der Waals surface area contributed by atoms with Gasteiger partial charge in [0.05, 0.1) is 33.0 Å². The second-order valence-electron chi connectivity index (χ2n) is 8.18. The van der Waals surface area contributed by atoms with E-state index < -0.39 is 12.1 Å². The summed E-state index contributed by atoms with van der Waals surface area (Å²) >= 11 is 0. The Balaban J connectivity index is 1.32. The van der Waals surface area contributed by atoms with Gasteiger partial charge >= 0.3 is 12.1 Å². The highest BCUT2D eigenvalue weighted by atomic mass is 16.6. The molecule has 3 aromatic carbocycles. The van der Waals surface area contributed by atoms with Crippen LogP contribution in [0.1, 0.15) is 12.5 Å². The molecule has 0 aliphatic rings. The summed E-state index contributed by atoms with van der Waals surface area (Å²) in [6.45, 7) is 7.41. The molecule has 1 N–H and O–H groups in total. The van der Waals surface area contributed by atoms with E-state index in [2.05, 4.69) is 24.0 Å². The fourth-order valence-corrected chi connectivity index (χ4v) is 3.34. The molecule has 37 heavy (non-hydrogen) atoms. The van der Waals surface area contributed by atoms with E-state index in [1.54, 1.807) is 13.0 Å². The maximum absolute atomic E-state index is 12.2. The van der Waals surface area contributed by atoms with Crippen LogP contribution in [0.3, 0.4) is 0 Å².